The Bertz CT molecular complexity index is 2790. The molecule has 2 fully saturated rings. The van der Waals surface area contributed by atoms with Gasteiger partial charge in [0.15, 0.2) is 0 Å². The van der Waals surface area contributed by atoms with E-state index in [9.17, 15) is 35.9 Å². The van der Waals surface area contributed by atoms with Gasteiger partial charge in [0.05, 0.1) is 58.8 Å². The number of likely N-dealkylation sites (tertiary alicyclic amines) is 1. The monoisotopic (exact) mass is 1050 g/mol. The second-order valence-electron chi connectivity index (χ2n) is 19.3. The van der Waals surface area contributed by atoms with Gasteiger partial charge < -0.3 is 21.7 Å². The quantitative estimate of drug-likeness (QED) is 0.0743. The number of benzene rings is 2. The first-order valence-corrected chi connectivity index (χ1v) is 24.8. The number of nitrogens with two attached hydrogens (primary N) is 2. The summed E-state index contributed by atoms with van der Waals surface area (Å²) >= 11 is 0. The molecule has 0 bridgehead atoms. The van der Waals surface area contributed by atoms with Crippen LogP contribution in [-0.4, -0.2) is 88.4 Å². The lowest BCUT2D eigenvalue weighted by atomic mass is 9.92. The van der Waals surface area contributed by atoms with Crippen molar-refractivity contribution < 1.29 is 35.9 Å². The highest BCUT2D eigenvalue weighted by atomic mass is 19.4. The molecule has 0 aliphatic carbocycles. The van der Waals surface area contributed by atoms with Crippen LogP contribution in [0, 0.1) is 0 Å². The molecular weight excluding hydrogens is 975 g/mol. The van der Waals surface area contributed by atoms with Gasteiger partial charge in [-0.3, -0.25) is 19.0 Å². The average Bonchev–Trinajstić information content (AvgIpc) is 4.05. The summed E-state index contributed by atoms with van der Waals surface area (Å²) in [7, 11) is 0. The topological polar surface area (TPSA) is 189 Å². The Morgan fingerprint density at radius 3 is 1.40 bits per heavy atom. The molecule has 4 aromatic heterocycles. The molecule has 406 valence electrons. The van der Waals surface area contributed by atoms with Crippen LogP contribution in [0.2, 0.25) is 0 Å². The van der Waals surface area contributed by atoms with E-state index in [1.54, 1.807) is 68.7 Å². The molecule has 75 heavy (non-hydrogen) atoms. The predicted molar refractivity (Wildman–Crippen MR) is 277 cm³/mol. The van der Waals surface area contributed by atoms with Crippen LogP contribution in [0.3, 0.4) is 0 Å². The zero-order valence-corrected chi connectivity index (χ0v) is 41.6. The number of alkyl halides is 6. The van der Waals surface area contributed by atoms with Gasteiger partial charge in [0.2, 0.25) is 11.8 Å². The first-order valence-electron chi connectivity index (χ1n) is 24.8. The van der Waals surface area contributed by atoms with Crippen molar-refractivity contribution in [3.8, 4) is 0 Å². The molecule has 0 radical (unpaired) electrons. The Morgan fingerprint density at radius 2 is 1.01 bits per heavy atom. The molecule has 2 atom stereocenters. The molecule has 14 nitrogen and oxygen atoms in total. The van der Waals surface area contributed by atoms with Gasteiger partial charge in [0, 0.05) is 56.8 Å². The van der Waals surface area contributed by atoms with E-state index in [1.165, 1.54) is 0 Å². The molecule has 0 spiro atoms. The molecule has 2 aliphatic rings. The fourth-order valence-corrected chi connectivity index (χ4v) is 9.56. The maximum absolute atomic E-state index is 13.8. The highest BCUT2D eigenvalue weighted by molar-refractivity contribution is 5.82. The maximum atomic E-state index is 13.8. The predicted octanol–water partition coefficient (Wildman–Crippen LogP) is 9.56. The standard InChI is InChI=1S/C28H35F3N6O.C25H29F3N6O.2CH4/c1-18(2)36-12-10-22(11-13-36)37-17-20(15-34-37)14-26-33-16-24(28(29,30)31)25(35-26)9-8-21-6-4-5-7-23(21)19(3)27(32)38;1-16(24(29)35)20-5-3-2-4-18(20)6-7-22-21(25(26,27)28)14-31-23(33-22)12-17-13-32-34(15-17)19-8-10-30-11-9-19;;/h4-7,15-19,22H,8-14H2,1-3H3,(H2,32,38);2-5,13-16,19,30H,6-12H2,1H3,(H2,29,35);2*1H4. The zero-order valence-electron chi connectivity index (χ0n) is 41.6. The van der Waals surface area contributed by atoms with Gasteiger partial charge in [0.25, 0.3) is 0 Å². The van der Waals surface area contributed by atoms with Crippen LogP contribution >= 0.6 is 0 Å². The Hall–Kier alpha value is -6.54. The van der Waals surface area contributed by atoms with E-state index < -0.39 is 47.1 Å². The van der Waals surface area contributed by atoms with E-state index in [2.05, 4.69) is 54.2 Å². The largest absolute Gasteiger partial charge is 0.419 e. The first-order chi connectivity index (χ1) is 34.7. The molecule has 5 N–H and O–H groups in total. The third kappa shape index (κ3) is 15.8. The van der Waals surface area contributed by atoms with Gasteiger partial charge in [-0.1, -0.05) is 63.4 Å². The van der Waals surface area contributed by atoms with Crippen LogP contribution in [0.15, 0.2) is 85.7 Å². The number of primary amides is 2. The van der Waals surface area contributed by atoms with Gasteiger partial charge >= 0.3 is 12.4 Å². The minimum absolute atomic E-state index is 0. The van der Waals surface area contributed by atoms with E-state index in [0.717, 1.165) is 92.1 Å². The van der Waals surface area contributed by atoms with Crippen molar-refractivity contribution in [3.63, 3.8) is 0 Å². The van der Waals surface area contributed by atoms with Gasteiger partial charge in [-0.2, -0.15) is 36.5 Å². The van der Waals surface area contributed by atoms with Crippen LogP contribution in [0.4, 0.5) is 26.3 Å². The highest BCUT2D eigenvalue weighted by Gasteiger charge is 2.36. The van der Waals surface area contributed by atoms with Crippen LogP contribution < -0.4 is 16.8 Å². The third-order valence-corrected chi connectivity index (χ3v) is 13.9. The summed E-state index contributed by atoms with van der Waals surface area (Å²) in [6.45, 7) is 11.7. The fraction of sp³-hybridized carbons (Fsp3) is 0.491. The van der Waals surface area contributed by atoms with Gasteiger partial charge in [-0.15, -0.1) is 0 Å². The first kappa shape index (κ1) is 59.3. The summed E-state index contributed by atoms with van der Waals surface area (Å²) in [6, 6.07) is 15.5. The molecule has 0 saturated carbocycles. The number of halogens is 6. The number of nitrogens with zero attached hydrogens (tertiary/aromatic N) is 9. The molecule has 6 aromatic rings. The molecular formula is C55H72F6N12O2. The summed E-state index contributed by atoms with van der Waals surface area (Å²) in [5, 5.41) is 12.3. The van der Waals surface area contributed by atoms with Crippen LogP contribution in [0.1, 0.15) is 160 Å². The second-order valence-corrected chi connectivity index (χ2v) is 19.3. The van der Waals surface area contributed by atoms with Gasteiger partial charge in [-0.25, -0.2) is 19.9 Å². The molecule has 2 aliphatic heterocycles. The minimum Gasteiger partial charge on any atom is -0.369 e. The fourth-order valence-electron chi connectivity index (χ4n) is 9.56. The van der Waals surface area contributed by atoms with Crippen LogP contribution in [-0.2, 0) is 60.5 Å². The van der Waals surface area contributed by atoms with E-state index in [1.807, 2.05) is 27.8 Å². The Morgan fingerprint density at radius 1 is 0.613 bits per heavy atom. The number of nitrogens with one attached hydrogen (secondary N) is 1. The number of aromatic nitrogens is 8. The number of amides is 2. The summed E-state index contributed by atoms with van der Waals surface area (Å²) in [5.74, 6) is -1.40. The number of carbonyl (C=O) groups is 2. The molecule has 2 aromatic carbocycles. The van der Waals surface area contributed by atoms with E-state index in [4.69, 9.17) is 11.5 Å². The zero-order chi connectivity index (χ0) is 52.5. The van der Waals surface area contributed by atoms with Crippen LogP contribution in [0.5, 0.6) is 0 Å². The Balaban J connectivity index is 0.000000271. The molecule has 2 saturated heterocycles. The number of rotatable bonds is 17. The minimum atomic E-state index is -4.57. The average molecular weight is 1050 g/mol. The number of aryl methyl sites for hydroxylation is 4. The summed E-state index contributed by atoms with van der Waals surface area (Å²) in [5.41, 5.74) is 13.8. The highest BCUT2D eigenvalue weighted by Crippen LogP contribution is 2.34. The summed E-state index contributed by atoms with van der Waals surface area (Å²) in [4.78, 5) is 42.5. The Kier molecular flexibility index (Phi) is 20.8. The lowest BCUT2D eigenvalue weighted by Gasteiger charge is -2.34. The van der Waals surface area contributed by atoms with Crippen molar-refractivity contribution in [2.45, 2.75) is 149 Å². The number of carbonyl (C=O) groups excluding carboxylic acids is 2. The van der Waals surface area contributed by atoms with Gasteiger partial charge in [0.1, 0.15) is 11.6 Å². The van der Waals surface area contributed by atoms with Crippen molar-refractivity contribution in [2.24, 2.45) is 11.5 Å². The van der Waals surface area contributed by atoms with Crippen molar-refractivity contribution in [1.82, 2.24) is 49.7 Å². The number of hydrogen-bond donors (Lipinski definition) is 3. The molecule has 8 rings (SSSR count). The lowest BCUT2D eigenvalue weighted by molar-refractivity contribution is -0.139. The summed E-state index contributed by atoms with van der Waals surface area (Å²) < 4.78 is 86.3. The van der Waals surface area contributed by atoms with Crippen molar-refractivity contribution >= 4 is 11.8 Å². The smallest absolute Gasteiger partial charge is 0.369 e. The second kappa shape index (κ2) is 26.3. The number of hydrogen-bond acceptors (Lipinski definition) is 10. The van der Waals surface area contributed by atoms with E-state index in [-0.39, 0.29) is 39.1 Å². The van der Waals surface area contributed by atoms with Crippen molar-refractivity contribution in [2.75, 3.05) is 26.2 Å². The lowest BCUT2D eigenvalue weighted by Crippen LogP contribution is -2.39. The van der Waals surface area contributed by atoms with Gasteiger partial charge in [-0.05, 0) is 126 Å². The van der Waals surface area contributed by atoms with Crippen molar-refractivity contribution in [3.05, 3.63) is 153 Å². The number of piperidine rings is 2. The maximum Gasteiger partial charge on any atom is 0.419 e. The Labute approximate surface area is 436 Å². The van der Waals surface area contributed by atoms with E-state index >= 15 is 0 Å². The SMILES string of the molecule is C.C.CC(C(N)=O)c1ccccc1CCc1nc(Cc2cnn(C3CCN(C(C)C)CC3)c2)ncc1C(F)(F)F.CC(C(N)=O)c1ccccc1CCc1nc(Cc2cnn(C3CCNCC3)c2)ncc1C(F)(F)F. The molecule has 2 amide bonds. The van der Waals surface area contributed by atoms with Crippen LogP contribution in [0.25, 0.3) is 0 Å². The molecule has 2 unspecified atom stereocenters. The normalized spacial score (nSPS) is 15.6. The van der Waals surface area contributed by atoms with E-state index in [0.29, 0.717) is 61.0 Å². The molecule has 6 heterocycles. The summed E-state index contributed by atoms with van der Waals surface area (Å²) in [6.07, 6.45) is 5.25. The third-order valence-electron chi connectivity index (χ3n) is 13.9. The van der Waals surface area contributed by atoms with Crippen molar-refractivity contribution in [1.29, 1.82) is 0 Å². The molecule has 20 heteroatoms.